The molecule has 0 rings (SSSR count). The monoisotopic (exact) mass is 314 g/mol. The van der Waals surface area contributed by atoms with Crippen molar-refractivity contribution < 1.29 is 54.0 Å². The van der Waals surface area contributed by atoms with Gasteiger partial charge in [-0.3, -0.25) is 0 Å². The normalized spacial score (nSPS) is 7.28. The van der Waals surface area contributed by atoms with Crippen LogP contribution in [0.2, 0.25) is 0 Å². The molecule has 0 saturated carbocycles. The zero-order valence-electron chi connectivity index (χ0n) is 8.30. The first-order valence-corrected chi connectivity index (χ1v) is 7.01. The summed E-state index contributed by atoms with van der Waals surface area (Å²) in [7, 11) is -3.63. The average Bonchev–Trinajstić information content (AvgIpc) is 1.96. The van der Waals surface area contributed by atoms with Crippen LogP contribution < -0.4 is 9.79 Å². The summed E-state index contributed by atoms with van der Waals surface area (Å²) in [6.45, 7) is 0. The number of carbonyl (C=O) groups is 4. The van der Waals surface area contributed by atoms with Gasteiger partial charge in [-0.25, -0.2) is 0 Å². The van der Waals surface area contributed by atoms with Crippen LogP contribution in [-0.4, -0.2) is 70.2 Å². The van der Waals surface area contributed by atoms with Crippen LogP contribution in [0.15, 0.2) is 0 Å². The van der Waals surface area contributed by atoms with Gasteiger partial charge < -0.3 is 14.4 Å². The van der Waals surface area contributed by atoms with Gasteiger partial charge >= 0.3 is 89.4 Å². The second-order valence-electron chi connectivity index (χ2n) is 1.89. The summed E-state index contributed by atoms with van der Waals surface area (Å²) in [6, 6.07) is 0. The molecule has 0 aliphatic carbocycles. The van der Waals surface area contributed by atoms with Crippen molar-refractivity contribution >= 4 is 58.0 Å². The fourth-order valence-corrected chi connectivity index (χ4v) is 0.634. The summed E-state index contributed by atoms with van der Waals surface area (Å²) in [4.78, 5) is 50.0. The standard InChI is InChI=1S/4CHO2.2Al.H3O3P/c4*2-1-3;;;1-4(2)3/h4*(H,2,3);;;4H,(H2,1,2,3)/q;;;;2*+1;/p-2. The van der Waals surface area contributed by atoms with Crippen molar-refractivity contribution in [1.29, 1.82) is 0 Å². The number of rotatable bonds is 4. The molecule has 18 heavy (non-hydrogen) atoms. The molecule has 0 unspecified atom stereocenters. The Balaban J connectivity index is -0.000000196. The van der Waals surface area contributed by atoms with E-state index in [2.05, 4.69) is 0 Å². The Morgan fingerprint density at radius 1 is 0.722 bits per heavy atom. The molecule has 0 heterocycles. The molecule has 0 aromatic rings. The van der Waals surface area contributed by atoms with Crippen molar-refractivity contribution in [3.8, 4) is 0 Å². The summed E-state index contributed by atoms with van der Waals surface area (Å²) in [6.07, 6.45) is 0. The van der Waals surface area contributed by atoms with Gasteiger partial charge in [-0.1, -0.05) is 8.25 Å². The van der Waals surface area contributed by atoms with E-state index in [4.69, 9.17) is 34.8 Å². The molecule has 0 spiro atoms. The topological polar surface area (TPSA) is 212 Å². The van der Waals surface area contributed by atoms with Gasteiger partial charge in [0.2, 0.25) is 0 Å². The van der Waals surface area contributed by atoms with Crippen LogP contribution in [0.3, 0.4) is 0 Å². The van der Waals surface area contributed by atoms with E-state index in [-0.39, 0.29) is 0 Å². The maximum absolute atomic E-state index is 9.47. The van der Waals surface area contributed by atoms with E-state index >= 15 is 0 Å². The Morgan fingerprint density at radius 3 is 0.833 bits per heavy atom. The van der Waals surface area contributed by atoms with Gasteiger partial charge in [0, 0.05) is 0 Å². The second kappa shape index (κ2) is 14.2. The van der Waals surface area contributed by atoms with Crippen LogP contribution in [-0.2, 0) is 4.57 Å². The molecule has 0 amide bonds. The van der Waals surface area contributed by atoms with E-state index in [1.54, 1.807) is 0 Å². The minimum atomic E-state index is -3.63. The molecular weight excluding hydrogens is 309 g/mol. The fraction of sp³-hybridized carbons (Fsp3) is 0. The number of carboxylic acid groups (broad SMARTS) is 4. The van der Waals surface area contributed by atoms with Crippen LogP contribution in [0, 0.1) is 0 Å². The van der Waals surface area contributed by atoms with Gasteiger partial charge in [0.1, 0.15) is 0 Å². The Kier molecular flexibility index (Phi) is 17.5. The van der Waals surface area contributed by atoms with Crippen molar-refractivity contribution in [2.24, 2.45) is 0 Å². The fourth-order valence-electron chi connectivity index (χ4n) is 0.211. The number of hydrogen-bond donors (Lipinski definition) is 4. The van der Waals surface area contributed by atoms with Gasteiger partial charge in [-0.15, -0.1) is 0 Å². The molecule has 0 aliphatic rings. The van der Waals surface area contributed by atoms with E-state index in [1.807, 2.05) is 0 Å². The van der Waals surface area contributed by atoms with Crippen LogP contribution in [0.5, 0.6) is 0 Å². The van der Waals surface area contributed by atoms with E-state index in [1.165, 1.54) is 0 Å². The minimum Gasteiger partial charge on any atom is -0.813 e. The average molecular weight is 314 g/mol. The molecule has 0 aliphatic heterocycles. The minimum absolute atomic E-state index is 1.23. The van der Waals surface area contributed by atoms with Gasteiger partial charge in [0.05, 0.1) is 0 Å². The third-order valence-electron chi connectivity index (χ3n) is 0.494. The van der Waals surface area contributed by atoms with E-state index in [0.717, 1.165) is 0 Å². The smallest absolute Gasteiger partial charge is 0.0813 e. The third kappa shape index (κ3) is 59.6. The zero-order valence-corrected chi connectivity index (χ0v) is 11.6. The van der Waals surface area contributed by atoms with Crippen molar-refractivity contribution in [3.05, 3.63) is 0 Å². The first-order valence-electron chi connectivity index (χ1n) is 3.48. The van der Waals surface area contributed by atoms with Crippen LogP contribution in [0.25, 0.3) is 0 Å². The summed E-state index contributed by atoms with van der Waals surface area (Å²) in [5.41, 5.74) is 0. The van der Waals surface area contributed by atoms with E-state index < -0.39 is 58.0 Å². The molecule has 0 aromatic heterocycles. The van der Waals surface area contributed by atoms with Gasteiger partial charge in [-0.2, -0.15) is 0 Å². The Bertz CT molecular complexity index is 273. The quantitative estimate of drug-likeness (QED) is 0.335. The van der Waals surface area contributed by atoms with E-state index in [0.29, 0.717) is 0 Å². The molecule has 0 atom stereocenters. The Hall–Kier alpha value is -0.905. The summed E-state index contributed by atoms with van der Waals surface area (Å²) in [5, 5.41) is 31.0. The van der Waals surface area contributed by atoms with Gasteiger partial charge in [0.15, 0.2) is 0 Å². The summed E-state index contributed by atoms with van der Waals surface area (Å²) >= 11 is -2.91. The molecule has 11 nitrogen and oxygen atoms in total. The molecule has 0 bridgehead atoms. The van der Waals surface area contributed by atoms with Crippen molar-refractivity contribution in [3.63, 3.8) is 0 Å². The maximum Gasteiger partial charge on any atom is -0.0813 e. The predicted molar refractivity (Wildman–Crippen MR) is 52.6 cm³/mol. The SMILES string of the molecule is O=[C](O)[Al+][C](=O)O.O=[C](O)[Al+][C](=O)O.O=[PH]([O-])[O-]. The van der Waals surface area contributed by atoms with E-state index in [9.17, 15) is 19.2 Å². The predicted octanol–water partition coefficient (Wildman–Crippen LogP) is -1.81. The van der Waals surface area contributed by atoms with Crippen molar-refractivity contribution in [2.75, 3.05) is 0 Å². The molecule has 0 radical (unpaired) electrons. The summed E-state index contributed by atoms with van der Waals surface area (Å²) in [5.74, 6) is 0. The molecule has 14 heteroatoms. The van der Waals surface area contributed by atoms with Crippen LogP contribution in [0.1, 0.15) is 0 Å². The first-order chi connectivity index (χ1) is 7.98. The number of hydrogen-bond acceptors (Lipinski definition) is 7. The Labute approximate surface area is 112 Å². The molecule has 98 valence electrons. The van der Waals surface area contributed by atoms with Crippen LogP contribution >= 0.6 is 8.25 Å². The molecule has 0 fully saturated rings. The van der Waals surface area contributed by atoms with Crippen molar-refractivity contribution in [1.82, 2.24) is 0 Å². The van der Waals surface area contributed by atoms with Crippen molar-refractivity contribution in [2.45, 2.75) is 0 Å². The third-order valence-corrected chi connectivity index (χ3v) is 1.48. The molecule has 0 aromatic carbocycles. The van der Waals surface area contributed by atoms with Gasteiger partial charge in [-0.05, 0) is 0 Å². The second-order valence-corrected chi connectivity index (χ2v) is 4.94. The zero-order chi connectivity index (χ0) is 15.3. The largest absolute Gasteiger partial charge is 0.813 e. The maximum atomic E-state index is 9.47. The van der Waals surface area contributed by atoms with Gasteiger partial charge in [0.25, 0.3) is 0 Å². The van der Waals surface area contributed by atoms with Crippen LogP contribution in [0.4, 0.5) is 19.2 Å². The molecule has 4 N–H and O–H groups in total. The first kappa shape index (κ1) is 22.3. The summed E-state index contributed by atoms with van der Waals surface area (Å²) < 4.78 is 8.52. The molecular formula is C4H5Al2O11P. The molecule has 0 saturated heterocycles. The Morgan fingerprint density at radius 2 is 0.833 bits per heavy atom.